The second kappa shape index (κ2) is 10.5. The molecule has 9 nitrogen and oxygen atoms in total. The molecule has 3 aromatic rings. The Labute approximate surface area is 205 Å². The summed E-state index contributed by atoms with van der Waals surface area (Å²) in [7, 11) is 1.63. The lowest BCUT2D eigenvalue weighted by Gasteiger charge is -2.35. The molecular weight excluding hydrogens is 444 g/mol. The molecule has 1 N–H and O–H groups in total. The molecule has 0 amide bonds. The van der Waals surface area contributed by atoms with Crippen molar-refractivity contribution in [2.45, 2.75) is 77.1 Å². The zero-order valence-corrected chi connectivity index (χ0v) is 20.9. The molecule has 1 saturated carbocycles. The molecule has 1 aromatic carbocycles. The number of fused-ring (bicyclic) bond motifs is 1. The largest absolute Gasteiger partial charge is 0.497 e. The van der Waals surface area contributed by atoms with Crippen LogP contribution in [0.2, 0.25) is 0 Å². The van der Waals surface area contributed by atoms with Gasteiger partial charge in [-0.1, -0.05) is 26.7 Å². The molecule has 2 aliphatic rings. The highest BCUT2D eigenvalue weighted by Gasteiger charge is 2.34. The minimum absolute atomic E-state index is 0.0271. The van der Waals surface area contributed by atoms with E-state index in [0.29, 0.717) is 12.6 Å². The normalized spacial score (nSPS) is 19.9. The highest BCUT2D eigenvalue weighted by molar-refractivity contribution is 5.80. The molecule has 188 valence electrons. The van der Waals surface area contributed by atoms with Gasteiger partial charge < -0.3 is 14.5 Å². The van der Waals surface area contributed by atoms with Gasteiger partial charge in [0.2, 0.25) is 0 Å². The number of methoxy groups -OCH3 is 1. The number of rotatable bonds is 9. The fourth-order valence-electron chi connectivity index (χ4n) is 5.70. The average Bonchev–Trinajstić information content (AvgIpc) is 3.62. The lowest BCUT2D eigenvalue weighted by molar-refractivity contribution is 0.0379. The highest BCUT2D eigenvalue weighted by Crippen LogP contribution is 2.35. The van der Waals surface area contributed by atoms with Crippen molar-refractivity contribution in [1.29, 1.82) is 0 Å². The van der Waals surface area contributed by atoms with Crippen molar-refractivity contribution in [1.82, 2.24) is 30.1 Å². The Bertz CT molecular complexity index is 1190. The maximum atomic E-state index is 13.2. The number of benzene rings is 1. The SMILES string of the molecule is COc1ccc2cc(CN(C[C@@H]3CCCO3)[C@H](c3nnnn3C3CCCC3)C(C)C)c(=O)[nH]c2c1. The Balaban J connectivity index is 1.51. The van der Waals surface area contributed by atoms with Crippen LogP contribution < -0.4 is 10.3 Å². The van der Waals surface area contributed by atoms with Gasteiger partial charge in [0.25, 0.3) is 5.56 Å². The molecule has 0 spiro atoms. The number of hydrogen-bond acceptors (Lipinski definition) is 7. The van der Waals surface area contributed by atoms with Gasteiger partial charge in [-0.3, -0.25) is 9.69 Å². The summed E-state index contributed by atoms with van der Waals surface area (Å²) in [6.07, 6.45) is 6.91. The fraction of sp³-hybridized carbons (Fsp3) is 0.615. The van der Waals surface area contributed by atoms with Gasteiger partial charge in [-0.25, -0.2) is 4.68 Å². The van der Waals surface area contributed by atoms with Crippen LogP contribution in [0.3, 0.4) is 0 Å². The molecule has 3 heterocycles. The summed E-state index contributed by atoms with van der Waals surface area (Å²) < 4.78 is 13.4. The molecule has 0 radical (unpaired) electrons. The molecule has 2 aromatic heterocycles. The Kier molecular flexibility index (Phi) is 7.15. The highest BCUT2D eigenvalue weighted by atomic mass is 16.5. The van der Waals surface area contributed by atoms with E-state index in [1.54, 1.807) is 7.11 Å². The van der Waals surface area contributed by atoms with Gasteiger partial charge in [0.1, 0.15) is 5.75 Å². The summed E-state index contributed by atoms with van der Waals surface area (Å²) in [6.45, 7) is 6.44. The zero-order chi connectivity index (χ0) is 24.4. The molecule has 0 bridgehead atoms. The van der Waals surface area contributed by atoms with E-state index < -0.39 is 0 Å². The third-order valence-corrected chi connectivity index (χ3v) is 7.44. The van der Waals surface area contributed by atoms with Crippen LogP contribution in [0.1, 0.15) is 75.8 Å². The maximum absolute atomic E-state index is 13.2. The molecule has 35 heavy (non-hydrogen) atoms. The molecular formula is C26H36N6O3. The van der Waals surface area contributed by atoms with Crippen LogP contribution in [0.25, 0.3) is 10.9 Å². The summed E-state index contributed by atoms with van der Waals surface area (Å²) in [5.41, 5.74) is 1.42. The predicted molar refractivity (Wildman–Crippen MR) is 133 cm³/mol. The number of pyridine rings is 1. The van der Waals surface area contributed by atoms with Gasteiger partial charge in [0.15, 0.2) is 5.82 Å². The number of aromatic amines is 1. The summed E-state index contributed by atoms with van der Waals surface area (Å²) in [6, 6.07) is 8.08. The molecule has 9 heteroatoms. The van der Waals surface area contributed by atoms with Gasteiger partial charge in [-0.2, -0.15) is 0 Å². The number of nitrogens with zero attached hydrogens (tertiary/aromatic N) is 5. The second-order valence-corrected chi connectivity index (χ2v) is 10.3. The Hall–Kier alpha value is -2.78. The third-order valence-electron chi connectivity index (χ3n) is 7.44. The molecule has 1 saturated heterocycles. The van der Waals surface area contributed by atoms with Gasteiger partial charge in [-0.05, 0) is 65.6 Å². The first-order chi connectivity index (χ1) is 17.0. The van der Waals surface area contributed by atoms with Crippen LogP contribution in [-0.4, -0.2) is 56.5 Å². The monoisotopic (exact) mass is 480 g/mol. The molecule has 1 aliphatic carbocycles. The number of hydrogen-bond donors (Lipinski definition) is 1. The second-order valence-electron chi connectivity index (χ2n) is 10.3. The maximum Gasteiger partial charge on any atom is 0.252 e. The third kappa shape index (κ3) is 5.11. The fourth-order valence-corrected chi connectivity index (χ4v) is 5.70. The van der Waals surface area contributed by atoms with Gasteiger partial charge >= 0.3 is 0 Å². The summed E-state index contributed by atoms with van der Waals surface area (Å²) in [5, 5.41) is 14.0. The zero-order valence-electron chi connectivity index (χ0n) is 20.9. The van der Waals surface area contributed by atoms with Crippen molar-refractivity contribution in [3.05, 3.63) is 46.0 Å². The standard InChI is InChI=1S/C26H36N6O3/c1-17(2)24(25-28-29-30-32(25)20-7-4-5-8-20)31(16-22-9-6-12-35-22)15-19-13-18-10-11-21(34-3)14-23(18)27-26(19)33/h10-11,13-14,17,20,22,24H,4-9,12,15-16H2,1-3H3,(H,27,33)/t22-,24-/m0/s1. The van der Waals surface area contributed by atoms with Crippen molar-refractivity contribution in [2.24, 2.45) is 5.92 Å². The van der Waals surface area contributed by atoms with E-state index in [2.05, 4.69) is 43.9 Å². The first-order valence-electron chi connectivity index (χ1n) is 12.9. The van der Waals surface area contributed by atoms with E-state index in [9.17, 15) is 4.79 Å². The molecule has 2 fully saturated rings. The van der Waals surface area contributed by atoms with Crippen molar-refractivity contribution in [3.8, 4) is 5.75 Å². The number of aromatic nitrogens is 5. The molecule has 2 atom stereocenters. The van der Waals surface area contributed by atoms with Crippen molar-refractivity contribution < 1.29 is 9.47 Å². The van der Waals surface area contributed by atoms with E-state index in [1.807, 2.05) is 24.3 Å². The van der Waals surface area contributed by atoms with E-state index in [0.717, 1.165) is 66.9 Å². The van der Waals surface area contributed by atoms with Gasteiger partial charge in [0.05, 0.1) is 30.8 Å². The van der Waals surface area contributed by atoms with Gasteiger partial charge in [0, 0.05) is 31.3 Å². The number of tetrazole rings is 1. The molecule has 1 aliphatic heterocycles. The molecule has 0 unspecified atom stereocenters. The Morgan fingerprint density at radius 2 is 2.03 bits per heavy atom. The topological polar surface area (TPSA) is 98.2 Å². The molecule has 5 rings (SSSR count). The van der Waals surface area contributed by atoms with Crippen LogP contribution in [0.5, 0.6) is 5.75 Å². The van der Waals surface area contributed by atoms with Crippen LogP contribution in [0, 0.1) is 5.92 Å². The number of H-pyrrole nitrogens is 1. The van der Waals surface area contributed by atoms with Crippen LogP contribution in [0.15, 0.2) is 29.1 Å². The van der Waals surface area contributed by atoms with Gasteiger partial charge in [-0.15, -0.1) is 5.10 Å². The van der Waals surface area contributed by atoms with Crippen molar-refractivity contribution in [3.63, 3.8) is 0 Å². The quantitative estimate of drug-likeness (QED) is 0.494. The van der Waals surface area contributed by atoms with E-state index in [4.69, 9.17) is 9.47 Å². The predicted octanol–water partition coefficient (Wildman–Crippen LogP) is 4.02. The average molecular weight is 481 g/mol. The summed E-state index contributed by atoms with van der Waals surface area (Å²) in [5.74, 6) is 1.87. The van der Waals surface area contributed by atoms with Crippen LogP contribution in [-0.2, 0) is 11.3 Å². The van der Waals surface area contributed by atoms with E-state index >= 15 is 0 Å². The van der Waals surface area contributed by atoms with Crippen LogP contribution in [0.4, 0.5) is 0 Å². The summed E-state index contributed by atoms with van der Waals surface area (Å²) >= 11 is 0. The minimum atomic E-state index is -0.0824. The Morgan fingerprint density at radius 1 is 1.20 bits per heavy atom. The van der Waals surface area contributed by atoms with Crippen molar-refractivity contribution >= 4 is 10.9 Å². The van der Waals surface area contributed by atoms with Crippen LogP contribution >= 0.6 is 0 Å². The number of nitrogens with one attached hydrogen (secondary N) is 1. The first kappa shape index (κ1) is 23.9. The van der Waals surface area contributed by atoms with Crippen molar-refractivity contribution in [2.75, 3.05) is 20.3 Å². The number of ether oxygens (including phenoxy) is 2. The van der Waals surface area contributed by atoms with E-state index in [-0.39, 0.29) is 23.6 Å². The smallest absolute Gasteiger partial charge is 0.252 e. The summed E-state index contributed by atoms with van der Waals surface area (Å²) in [4.78, 5) is 18.6. The minimum Gasteiger partial charge on any atom is -0.497 e. The Morgan fingerprint density at radius 3 is 2.74 bits per heavy atom. The lowest BCUT2D eigenvalue weighted by atomic mass is 9.99. The van der Waals surface area contributed by atoms with E-state index in [1.165, 1.54) is 12.8 Å². The first-order valence-corrected chi connectivity index (χ1v) is 12.9. The lowest BCUT2D eigenvalue weighted by Crippen LogP contribution is -2.40.